The third-order valence-corrected chi connectivity index (χ3v) is 12.0. The lowest BCUT2D eigenvalue weighted by Gasteiger charge is -2.37. The van der Waals surface area contributed by atoms with Gasteiger partial charge in [-0.15, -0.1) is 6.58 Å². The first-order valence-corrected chi connectivity index (χ1v) is 18.1. The number of alkyl carbamates (subject to hydrolysis) is 1. The summed E-state index contributed by atoms with van der Waals surface area (Å²) in [4.78, 5) is 69.1. The van der Waals surface area contributed by atoms with Gasteiger partial charge in [-0.1, -0.05) is 78.2 Å². The smallest absolute Gasteiger partial charge is 0.408 e. The second-order valence-corrected chi connectivity index (χ2v) is 15.2. The van der Waals surface area contributed by atoms with Gasteiger partial charge in [0, 0.05) is 13.1 Å². The van der Waals surface area contributed by atoms with Gasteiger partial charge in [0.15, 0.2) is 0 Å². The predicted octanol–water partition coefficient (Wildman–Crippen LogP) is 4.66. The molecular weight excluding hydrogens is 584 g/mol. The largest absolute Gasteiger partial charge is 0.446 e. The Bertz CT molecular complexity index is 1160. The number of carbonyl (C=O) groups is 5. The van der Waals surface area contributed by atoms with E-state index in [1.807, 2.05) is 6.92 Å². The van der Waals surface area contributed by atoms with Gasteiger partial charge in [0.05, 0.1) is 6.04 Å². The van der Waals surface area contributed by atoms with E-state index in [9.17, 15) is 24.0 Å². The molecule has 1 saturated heterocycles. The number of piperidine rings is 1. The van der Waals surface area contributed by atoms with Crippen LogP contribution in [0.15, 0.2) is 12.7 Å². The molecule has 4 saturated carbocycles. The first kappa shape index (κ1) is 34.4. The van der Waals surface area contributed by atoms with Crippen molar-refractivity contribution in [1.29, 1.82) is 0 Å². The van der Waals surface area contributed by atoms with Crippen molar-refractivity contribution in [3.8, 4) is 0 Å². The maximum atomic E-state index is 14.5. The maximum absolute atomic E-state index is 14.5. The van der Waals surface area contributed by atoms with Crippen molar-refractivity contribution >= 4 is 29.6 Å². The molecule has 0 aromatic carbocycles. The zero-order valence-electron chi connectivity index (χ0n) is 28.2. The molecule has 46 heavy (non-hydrogen) atoms. The van der Waals surface area contributed by atoms with Gasteiger partial charge in [-0.2, -0.15) is 0 Å². The highest BCUT2D eigenvalue weighted by atomic mass is 16.6. The fourth-order valence-electron chi connectivity index (χ4n) is 9.39. The lowest BCUT2D eigenvalue weighted by atomic mass is 9.83. The maximum Gasteiger partial charge on any atom is 0.408 e. The van der Waals surface area contributed by atoms with Gasteiger partial charge in [-0.3, -0.25) is 19.2 Å². The Labute approximate surface area is 274 Å². The summed E-state index contributed by atoms with van der Waals surface area (Å²) in [5.41, 5.74) is -0.130. The molecule has 10 nitrogen and oxygen atoms in total. The SMILES string of the molecule is C=CCNC(=O)C(=O)C(CCC)NC(=O)[C@@H]1[C@@H]2[C@H](CN1C(=O)[C@@H](NC(=O)OC1CCCC1C1CCCC1)C1CCCCC1)C2(C)C. The first-order valence-electron chi connectivity index (χ1n) is 18.1. The van der Waals surface area contributed by atoms with E-state index < -0.39 is 41.8 Å². The lowest BCUT2D eigenvalue weighted by molar-refractivity contribution is -0.145. The molecule has 5 aliphatic rings. The predicted molar refractivity (Wildman–Crippen MR) is 174 cm³/mol. The van der Waals surface area contributed by atoms with Crippen LogP contribution in [0.1, 0.15) is 111 Å². The Kier molecular flexibility index (Phi) is 11.1. The van der Waals surface area contributed by atoms with E-state index in [4.69, 9.17) is 4.74 Å². The summed E-state index contributed by atoms with van der Waals surface area (Å²) in [6.45, 7) is 10.3. The van der Waals surface area contributed by atoms with Crippen molar-refractivity contribution in [3.63, 3.8) is 0 Å². The molecule has 3 unspecified atom stereocenters. The van der Waals surface area contributed by atoms with Gasteiger partial charge in [-0.25, -0.2) is 4.79 Å². The van der Waals surface area contributed by atoms with Gasteiger partial charge in [0.25, 0.3) is 5.91 Å². The molecule has 0 radical (unpaired) electrons. The lowest BCUT2D eigenvalue weighted by Crippen LogP contribution is -2.59. The third-order valence-electron chi connectivity index (χ3n) is 12.0. The van der Waals surface area contributed by atoms with Crippen LogP contribution in [0, 0.1) is 35.0 Å². The molecule has 5 rings (SSSR count). The normalized spacial score (nSPS) is 30.2. The average molecular weight is 641 g/mol. The summed E-state index contributed by atoms with van der Waals surface area (Å²) in [6.07, 6.45) is 14.4. The minimum absolute atomic E-state index is 0.0281. The fraction of sp³-hybridized carbons (Fsp3) is 0.806. The standard InChI is InChI=1S/C36H56N4O6/c1-5-13-26(31(41)33(43)37-20-6-2)38-32(42)30-28-25(36(28,3)4)21-40(30)34(44)29(23-16-8-7-9-17-23)39-35(45)46-27-19-12-18-24(27)22-14-10-11-15-22/h6,22-30H,2,5,7-21H2,1,3-4H3,(H,37,43)(H,38,42)(H,39,45)/t24?,25-,26?,27?,28-,29-,30-/m0/s1. The first-order chi connectivity index (χ1) is 22.1. The number of likely N-dealkylation sites (tertiary alicyclic amines) is 1. The Morgan fingerprint density at radius 3 is 2.30 bits per heavy atom. The van der Waals surface area contributed by atoms with Crippen molar-refractivity contribution in [2.45, 2.75) is 135 Å². The van der Waals surface area contributed by atoms with Crippen LogP contribution in [0.3, 0.4) is 0 Å². The fourth-order valence-corrected chi connectivity index (χ4v) is 9.39. The van der Waals surface area contributed by atoms with Crippen molar-refractivity contribution in [1.82, 2.24) is 20.9 Å². The van der Waals surface area contributed by atoms with Crippen LogP contribution in [0.5, 0.6) is 0 Å². The number of fused-ring (bicyclic) bond motifs is 1. The molecule has 0 aromatic heterocycles. The van der Waals surface area contributed by atoms with Crippen LogP contribution in [0.4, 0.5) is 4.79 Å². The summed E-state index contributed by atoms with van der Waals surface area (Å²) in [6, 6.07) is -2.53. The van der Waals surface area contributed by atoms with E-state index in [0.717, 1.165) is 51.4 Å². The van der Waals surface area contributed by atoms with Crippen LogP contribution in [0.25, 0.3) is 0 Å². The molecule has 256 valence electrons. The number of rotatable bonds is 13. The van der Waals surface area contributed by atoms with E-state index in [1.54, 1.807) is 4.90 Å². The zero-order chi connectivity index (χ0) is 33.0. The number of hydrogen-bond acceptors (Lipinski definition) is 6. The number of ether oxygens (including phenoxy) is 1. The summed E-state index contributed by atoms with van der Waals surface area (Å²) >= 11 is 0. The summed E-state index contributed by atoms with van der Waals surface area (Å²) in [5.74, 6) is -1.05. The quantitative estimate of drug-likeness (QED) is 0.198. The summed E-state index contributed by atoms with van der Waals surface area (Å²) < 4.78 is 6.08. The number of amides is 4. The Morgan fingerprint density at radius 2 is 1.63 bits per heavy atom. The van der Waals surface area contributed by atoms with E-state index in [0.29, 0.717) is 31.2 Å². The molecular formula is C36H56N4O6. The number of Topliss-reactive ketones (excluding diaryl/α,β-unsaturated/α-hetero) is 1. The topological polar surface area (TPSA) is 134 Å². The molecule has 7 atom stereocenters. The van der Waals surface area contributed by atoms with Crippen molar-refractivity contribution in [2.75, 3.05) is 13.1 Å². The van der Waals surface area contributed by atoms with Crippen molar-refractivity contribution in [2.24, 2.45) is 35.0 Å². The molecule has 4 aliphatic carbocycles. The molecule has 0 spiro atoms. The van der Waals surface area contributed by atoms with Gasteiger partial charge in [-0.05, 0) is 73.5 Å². The molecule has 1 heterocycles. The van der Waals surface area contributed by atoms with Gasteiger partial charge < -0.3 is 25.6 Å². The molecule has 1 aliphatic heterocycles. The number of nitrogens with zero attached hydrogens (tertiary/aromatic N) is 1. The van der Waals surface area contributed by atoms with Crippen LogP contribution < -0.4 is 16.0 Å². The monoisotopic (exact) mass is 640 g/mol. The third kappa shape index (κ3) is 7.30. The van der Waals surface area contributed by atoms with E-state index in [1.165, 1.54) is 31.8 Å². The number of nitrogens with one attached hydrogen (secondary N) is 3. The minimum Gasteiger partial charge on any atom is -0.446 e. The van der Waals surface area contributed by atoms with Crippen LogP contribution >= 0.6 is 0 Å². The molecule has 0 bridgehead atoms. The van der Waals surface area contributed by atoms with E-state index in [2.05, 4.69) is 36.4 Å². The van der Waals surface area contributed by atoms with Crippen molar-refractivity contribution in [3.05, 3.63) is 12.7 Å². The zero-order valence-corrected chi connectivity index (χ0v) is 28.2. The highest BCUT2D eigenvalue weighted by Gasteiger charge is 2.69. The van der Waals surface area contributed by atoms with Gasteiger partial charge >= 0.3 is 6.09 Å². The average Bonchev–Trinajstić information content (AvgIpc) is 3.64. The Morgan fingerprint density at radius 1 is 0.935 bits per heavy atom. The van der Waals surface area contributed by atoms with E-state index >= 15 is 0 Å². The summed E-state index contributed by atoms with van der Waals surface area (Å²) in [5, 5.41) is 8.39. The van der Waals surface area contributed by atoms with Gasteiger partial charge in [0.1, 0.15) is 18.2 Å². The molecule has 5 fully saturated rings. The number of hydrogen-bond donors (Lipinski definition) is 3. The molecule has 3 N–H and O–H groups in total. The second kappa shape index (κ2) is 14.9. The highest BCUT2D eigenvalue weighted by Crippen LogP contribution is 2.65. The van der Waals surface area contributed by atoms with Crippen molar-refractivity contribution < 1.29 is 28.7 Å². The van der Waals surface area contributed by atoms with Crippen LogP contribution in [0.2, 0.25) is 0 Å². The molecule has 0 aromatic rings. The van der Waals surface area contributed by atoms with Crippen LogP contribution in [-0.2, 0) is 23.9 Å². The summed E-state index contributed by atoms with van der Waals surface area (Å²) in [7, 11) is 0. The van der Waals surface area contributed by atoms with Crippen LogP contribution in [-0.4, -0.2) is 71.8 Å². The Hall–Kier alpha value is -2.91. The van der Waals surface area contributed by atoms with E-state index in [-0.39, 0.29) is 41.7 Å². The second-order valence-electron chi connectivity index (χ2n) is 15.2. The molecule has 10 heteroatoms. The minimum atomic E-state index is -0.985. The number of carbonyl (C=O) groups excluding carboxylic acids is 5. The highest BCUT2D eigenvalue weighted by molar-refractivity contribution is 6.38. The van der Waals surface area contributed by atoms with Gasteiger partial charge in [0.2, 0.25) is 17.6 Å². The Balaban J connectivity index is 1.31. The molecule has 4 amide bonds. The number of ketones is 1.